The van der Waals surface area contributed by atoms with Crippen molar-refractivity contribution in [3.05, 3.63) is 0 Å². The first-order chi connectivity index (χ1) is 8.68. The first kappa shape index (κ1) is 14.2. The van der Waals surface area contributed by atoms with E-state index in [9.17, 15) is 14.7 Å². The number of rotatable bonds is 2. The summed E-state index contributed by atoms with van der Waals surface area (Å²) >= 11 is 0. The molecule has 108 valence electrons. The van der Waals surface area contributed by atoms with Crippen LogP contribution in [0, 0.1) is 11.3 Å². The molecule has 1 aliphatic heterocycles. The molecule has 2 aliphatic rings. The molecule has 0 aromatic rings. The summed E-state index contributed by atoms with van der Waals surface area (Å²) in [6.07, 6.45) is 2.74. The van der Waals surface area contributed by atoms with Crippen molar-refractivity contribution in [2.24, 2.45) is 11.3 Å². The average molecular weight is 268 g/mol. The molecule has 1 saturated heterocycles. The summed E-state index contributed by atoms with van der Waals surface area (Å²) < 4.78 is 0. The highest BCUT2D eigenvalue weighted by Crippen LogP contribution is 2.61. The fourth-order valence-corrected chi connectivity index (χ4v) is 3.29. The average Bonchev–Trinajstić information content (AvgIpc) is 2.76. The lowest BCUT2D eigenvalue weighted by molar-refractivity contribution is -0.141. The largest absolute Gasteiger partial charge is 0.480 e. The van der Waals surface area contributed by atoms with Gasteiger partial charge in [0.2, 0.25) is 0 Å². The monoisotopic (exact) mass is 268 g/mol. The van der Waals surface area contributed by atoms with Crippen LogP contribution < -0.4 is 5.32 Å². The Morgan fingerprint density at radius 3 is 2.42 bits per heavy atom. The van der Waals surface area contributed by atoms with Crippen molar-refractivity contribution in [2.75, 3.05) is 6.54 Å². The van der Waals surface area contributed by atoms with Gasteiger partial charge < -0.3 is 15.3 Å². The highest BCUT2D eigenvalue weighted by Gasteiger charge is 2.61. The number of carboxylic acid groups (broad SMARTS) is 1. The van der Waals surface area contributed by atoms with E-state index in [2.05, 4.69) is 12.2 Å². The molecule has 1 spiro atoms. The fraction of sp³-hybridized carbons (Fsp3) is 0.857. The van der Waals surface area contributed by atoms with Crippen LogP contribution in [0.2, 0.25) is 0 Å². The number of carbonyl (C=O) groups is 2. The van der Waals surface area contributed by atoms with Gasteiger partial charge in [-0.3, -0.25) is 0 Å². The molecule has 0 unspecified atom stereocenters. The lowest BCUT2D eigenvalue weighted by atomic mass is 9.99. The minimum atomic E-state index is -0.886. The third-order valence-electron chi connectivity index (χ3n) is 4.34. The van der Waals surface area contributed by atoms with Gasteiger partial charge in [0.25, 0.3) is 0 Å². The van der Waals surface area contributed by atoms with E-state index in [0.29, 0.717) is 18.9 Å². The molecule has 2 rings (SSSR count). The zero-order valence-corrected chi connectivity index (χ0v) is 12.2. The fourth-order valence-electron chi connectivity index (χ4n) is 3.29. The Labute approximate surface area is 114 Å². The molecule has 1 saturated carbocycles. The summed E-state index contributed by atoms with van der Waals surface area (Å²) in [4.78, 5) is 25.1. The molecule has 0 radical (unpaired) electrons. The second-order valence-electron chi connectivity index (χ2n) is 7.04. The third kappa shape index (κ3) is 2.69. The molecule has 2 amide bonds. The van der Waals surface area contributed by atoms with Gasteiger partial charge in [-0.25, -0.2) is 9.59 Å². The number of urea groups is 1. The van der Waals surface area contributed by atoms with E-state index < -0.39 is 12.0 Å². The number of carboxylic acids is 1. The van der Waals surface area contributed by atoms with Crippen LogP contribution in [0.25, 0.3) is 0 Å². The molecule has 5 heteroatoms. The highest BCUT2D eigenvalue weighted by atomic mass is 16.4. The van der Waals surface area contributed by atoms with Crippen LogP contribution in [-0.4, -0.2) is 40.1 Å². The van der Waals surface area contributed by atoms with E-state index in [1.165, 1.54) is 4.90 Å². The van der Waals surface area contributed by atoms with E-state index in [-0.39, 0.29) is 17.0 Å². The lowest BCUT2D eigenvalue weighted by Crippen LogP contribution is -2.51. The first-order valence-corrected chi connectivity index (χ1v) is 7.00. The maximum Gasteiger partial charge on any atom is 0.326 e. The van der Waals surface area contributed by atoms with Crippen LogP contribution in [0.3, 0.4) is 0 Å². The zero-order valence-electron chi connectivity index (χ0n) is 12.2. The first-order valence-electron chi connectivity index (χ1n) is 7.00. The summed E-state index contributed by atoms with van der Waals surface area (Å²) in [6.45, 7) is 8.42. The van der Waals surface area contributed by atoms with Crippen molar-refractivity contribution in [3.63, 3.8) is 0 Å². The van der Waals surface area contributed by atoms with Crippen LogP contribution in [-0.2, 0) is 4.79 Å². The Morgan fingerprint density at radius 1 is 1.37 bits per heavy atom. The number of hydrogen-bond acceptors (Lipinski definition) is 2. The Bertz CT molecular complexity index is 402. The Kier molecular flexibility index (Phi) is 3.27. The summed E-state index contributed by atoms with van der Waals surface area (Å²) in [6, 6.07) is -0.919. The summed E-state index contributed by atoms with van der Waals surface area (Å²) in [5.74, 6) is -0.301. The van der Waals surface area contributed by atoms with E-state index >= 15 is 0 Å². The number of likely N-dealkylation sites (tertiary alicyclic amines) is 1. The van der Waals surface area contributed by atoms with Crippen molar-refractivity contribution in [1.82, 2.24) is 10.2 Å². The molecular formula is C14H24N2O3. The predicted molar refractivity (Wildman–Crippen MR) is 71.9 cm³/mol. The van der Waals surface area contributed by atoms with E-state index in [1.807, 2.05) is 20.8 Å². The SMILES string of the molecule is CC[C@H]1C[C@]12C[C@@H](C(=O)O)N(C(=O)NC(C)(C)C)C2. The molecule has 2 fully saturated rings. The lowest BCUT2D eigenvalue weighted by Gasteiger charge is -2.28. The maximum atomic E-state index is 12.2. The third-order valence-corrected chi connectivity index (χ3v) is 4.34. The number of nitrogens with one attached hydrogen (secondary N) is 1. The van der Waals surface area contributed by atoms with E-state index in [0.717, 1.165) is 12.8 Å². The summed E-state index contributed by atoms with van der Waals surface area (Å²) in [5.41, 5.74) is -0.267. The normalized spacial score (nSPS) is 33.6. The van der Waals surface area contributed by atoms with Gasteiger partial charge in [-0.1, -0.05) is 13.3 Å². The topological polar surface area (TPSA) is 69.6 Å². The predicted octanol–water partition coefficient (Wildman–Crippen LogP) is 2.07. The molecule has 0 bridgehead atoms. The van der Waals surface area contributed by atoms with Crippen molar-refractivity contribution in [1.29, 1.82) is 0 Å². The van der Waals surface area contributed by atoms with Gasteiger partial charge in [0, 0.05) is 12.1 Å². The Hall–Kier alpha value is -1.26. The Balaban J connectivity index is 2.10. The van der Waals surface area contributed by atoms with Gasteiger partial charge in [-0.15, -0.1) is 0 Å². The zero-order chi connectivity index (χ0) is 14.4. The molecule has 2 N–H and O–H groups in total. The number of aliphatic carboxylic acids is 1. The van der Waals surface area contributed by atoms with Gasteiger partial charge in [-0.2, -0.15) is 0 Å². The van der Waals surface area contributed by atoms with E-state index in [4.69, 9.17) is 0 Å². The second-order valence-corrected chi connectivity index (χ2v) is 7.04. The number of nitrogens with zero attached hydrogens (tertiary/aromatic N) is 1. The maximum absolute atomic E-state index is 12.2. The molecular weight excluding hydrogens is 244 g/mol. The van der Waals surface area contributed by atoms with Gasteiger partial charge in [-0.05, 0) is 44.9 Å². The van der Waals surface area contributed by atoms with Crippen LogP contribution in [0.5, 0.6) is 0 Å². The van der Waals surface area contributed by atoms with Gasteiger partial charge >= 0.3 is 12.0 Å². The van der Waals surface area contributed by atoms with Crippen LogP contribution in [0.15, 0.2) is 0 Å². The van der Waals surface area contributed by atoms with Crippen molar-refractivity contribution >= 4 is 12.0 Å². The smallest absolute Gasteiger partial charge is 0.326 e. The minimum absolute atomic E-state index is 0.0764. The van der Waals surface area contributed by atoms with Crippen LogP contribution in [0.4, 0.5) is 4.79 Å². The van der Waals surface area contributed by atoms with Crippen LogP contribution >= 0.6 is 0 Å². The summed E-state index contributed by atoms with van der Waals surface area (Å²) in [7, 11) is 0. The number of carbonyl (C=O) groups excluding carboxylic acids is 1. The Morgan fingerprint density at radius 2 is 2.00 bits per heavy atom. The highest BCUT2D eigenvalue weighted by molar-refractivity contribution is 5.84. The second kappa shape index (κ2) is 4.39. The molecule has 3 atom stereocenters. The molecule has 0 aromatic heterocycles. The standard InChI is InChI=1S/C14H24N2O3/c1-5-9-6-14(9)7-10(11(17)18)16(8-14)12(19)15-13(2,3)4/h9-10H,5-8H2,1-4H3,(H,15,19)(H,17,18)/t9-,10-,14+/m0/s1. The van der Waals surface area contributed by atoms with Crippen molar-refractivity contribution in [3.8, 4) is 0 Å². The van der Waals surface area contributed by atoms with Crippen LogP contribution in [0.1, 0.15) is 47.0 Å². The molecule has 5 nitrogen and oxygen atoms in total. The molecule has 19 heavy (non-hydrogen) atoms. The quantitative estimate of drug-likeness (QED) is 0.805. The molecule has 1 aliphatic carbocycles. The van der Waals surface area contributed by atoms with Crippen molar-refractivity contribution < 1.29 is 14.7 Å². The number of amides is 2. The van der Waals surface area contributed by atoms with Gasteiger partial charge in [0.15, 0.2) is 0 Å². The van der Waals surface area contributed by atoms with E-state index in [1.54, 1.807) is 0 Å². The molecule has 1 heterocycles. The molecule has 0 aromatic carbocycles. The summed E-state index contributed by atoms with van der Waals surface area (Å²) in [5, 5.41) is 12.2. The van der Waals surface area contributed by atoms with Crippen molar-refractivity contribution in [2.45, 2.75) is 58.5 Å². The van der Waals surface area contributed by atoms with Gasteiger partial charge in [0.1, 0.15) is 6.04 Å². The number of hydrogen-bond donors (Lipinski definition) is 2. The van der Waals surface area contributed by atoms with Gasteiger partial charge in [0.05, 0.1) is 0 Å². The minimum Gasteiger partial charge on any atom is -0.480 e.